The van der Waals surface area contributed by atoms with Crippen molar-refractivity contribution in [1.29, 1.82) is 0 Å². The number of alkyl halides is 6. The van der Waals surface area contributed by atoms with Gasteiger partial charge in [0.05, 0.1) is 17.3 Å². The van der Waals surface area contributed by atoms with Crippen LogP contribution in [0.4, 0.5) is 26.3 Å². The summed E-state index contributed by atoms with van der Waals surface area (Å²) in [4.78, 5) is 27.1. The van der Waals surface area contributed by atoms with Crippen LogP contribution in [-0.4, -0.2) is 90.8 Å². The van der Waals surface area contributed by atoms with E-state index in [1.807, 2.05) is 22.8 Å². The number of benzene rings is 1. The lowest BCUT2D eigenvalue weighted by Gasteiger charge is -2.38. The van der Waals surface area contributed by atoms with Crippen LogP contribution >= 0.6 is 0 Å². The zero-order valence-electron chi connectivity index (χ0n) is 23.4. The predicted molar refractivity (Wildman–Crippen MR) is 145 cm³/mol. The molecule has 3 aromatic heterocycles. The van der Waals surface area contributed by atoms with Crippen molar-refractivity contribution in [2.75, 3.05) is 26.7 Å². The number of fused-ring (bicyclic) bond motifs is 1. The van der Waals surface area contributed by atoms with Crippen LogP contribution in [-0.2, 0) is 16.1 Å². The van der Waals surface area contributed by atoms with Gasteiger partial charge in [-0.05, 0) is 37.7 Å². The summed E-state index contributed by atoms with van der Waals surface area (Å²) in [5.74, 6) is -5.51. The second-order valence-electron chi connectivity index (χ2n) is 9.75. The zero-order chi connectivity index (χ0) is 32.7. The molecular weight excluding hydrogens is 598 g/mol. The van der Waals surface area contributed by atoms with Gasteiger partial charge in [0.25, 0.3) is 0 Å². The van der Waals surface area contributed by atoms with E-state index in [-0.39, 0.29) is 6.04 Å². The van der Waals surface area contributed by atoms with E-state index in [1.165, 1.54) is 11.1 Å². The lowest BCUT2D eigenvalue weighted by Crippen LogP contribution is -2.46. The molecule has 1 unspecified atom stereocenters. The number of nitrogens with zero attached hydrogens (tertiary/aromatic N) is 6. The molecule has 5 rings (SSSR count). The van der Waals surface area contributed by atoms with Crippen LogP contribution in [0.2, 0.25) is 0 Å². The summed E-state index contributed by atoms with van der Waals surface area (Å²) in [7, 11) is 2.18. The van der Waals surface area contributed by atoms with Crippen LogP contribution in [0.1, 0.15) is 23.0 Å². The quantitative estimate of drug-likeness (QED) is 0.306. The average Bonchev–Trinajstić information content (AvgIpc) is 3.38. The van der Waals surface area contributed by atoms with Crippen LogP contribution < -0.4 is 0 Å². The van der Waals surface area contributed by atoms with Gasteiger partial charge in [-0.15, -0.1) is 5.10 Å². The molecule has 1 fully saturated rings. The fraction of sp³-hybridized carbons (Fsp3) is 0.321. The van der Waals surface area contributed by atoms with Crippen molar-refractivity contribution >= 4 is 17.5 Å². The van der Waals surface area contributed by atoms with E-state index >= 15 is 0 Å². The first kappa shape index (κ1) is 33.9. The summed E-state index contributed by atoms with van der Waals surface area (Å²) in [6, 6.07) is 19.2. The van der Waals surface area contributed by atoms with Gasteiger partial charge in [-0.2, -0.15) is 26.3 Å². The molecule has 0 amide bonds. The number of rotatable bonds is 4. The molecule has 4 aromatic rings. The Bertz CT molecular complexity index is 1520. The number of aryl methyl sites for hydroxylation is 1. The molecule has 1 saturated heterocycles. The third-order valence-corrected chi connectivity index (χ3v) is 6.47. The van der Waals surface area contributed by atoms with E-state index in [0.29, 0.717) is 0 Å². The maximum absolute atomic E-state index is 10.6. The molecule has 10 nitrogen and oxygen atoms in total. The summed E-state index contributed by atoms with van der Waals surface area (Å²) < 4.78 is 65.4. The highest BCUT2D eigenvalue weighted by atomic mass is 19.4. The van der Waals surface area contributed by atoms with Gasteiger partial charge < -0.3 is 10.2 Å². The second-order valence-corrected chi connectivity index (χ2v) is 9.75. The number of halogens is 6. The van der Waals surface area contributed by atoms with E-state index in [0.717, 1.165) is 48.6 Å². The molecule has 1 aliphatic rings. The highest BCUT2D eigenvalue weighted by Gasteiger charge is 2.39. The number of likely N-dealkylation sites (N-methyl/N-ethyl adjacent to an activating group) is 1. The van der Waals surface area contributed by atoms with E-state index < -0.39 is 24.3 Å². The number of hydrogen-bond acceptors (Lipinski definition) is 7. The van der Waals surface area contributed by atoms with Gasteiger partial charge in [-0.3, -0.25) is 14.8 Å². The highest BCUT2D eigenvalue weighted by molar-refractivity contribution is 5.73. The number of piperazine rings is 1. The molecule has 1 atom stereocenters. The van der Waals surface area contributed by atoms with E-state index in [9.17, 15) is 26.3 Å². The summed E-state index contributed by atoms with van der Waals surface area (Å²) in [5, 5.41) is 23.3. The van der Waals surface area contributed by atoms with Gasteiger partial charge in [0.15, 0.2) is 0 Å². The van der Waals surface area contributed by atoms with Gasteiger partial charge >= 0.3 is 24.3 Å². The number of carboxylic acids is 2. The third-order valence-electron chi connectivity index (χ3n) is 6.47. The van der Waals surface area contributed by atoms with Crippen LogP contribution in [0, 0.1) is 6.92 Å². The maximum atomic E-state index is 10.6. The lowest BCUT2D eigenvalue weighted by molar-refractivity contribution is -0.193. The van der Waals surface area contributed by atoms with E-state index in [2.05, 4.69) is 87.7 Å². The minimum absolute atomic E-state index is 0.213. The number of aliphatic carboxylic acids is 2. The Morgan fingerprint density at radius 2 is 1.48 bits per heavy atom. The molecule has 0 radical (unpaired) electrons. The van der Waals surface area contributed by atoms with Crippen molar-refractivity contribution in [3.05, 3.63) is 83.9 Å². The summed E-state index contributed by atoms with van der Waals surface area (Å²) in [6.45, 7) is 5.91. The minimum atomic E-state index is -5.08. The van der Waals surface area contributed by atoms with Crippen molar-refractivity contribution in [1.82, 2.24) is 29.6 Å². The van der Waals surface area contributed by atoms with Crippen LogP contribution in [0.5, 0.6) is 0 Å². The van der Waals surface area contributed by atoms with Gasteiger partial charge in [0.1, 0.15) is 5.69 Å². The number of carbonyl (C=O) groups is 2. The molecule has 0 aliphatic carbocycles. The molecule has 236 valence electrons. The minimum Gasteiger partial charge on any atom is -0.475 e. The molecule has 16 heteroatoms. The van der Waals surface area contributed by atoms with Gasteiger partial charge in [-0.1, -0.05) is 47.2 Å². The first-order chi connectivity index (χ1) is 20.6. The Labute approximate surface area is 247 Å². The standard InChI is InChI=1S/C24H26N6.2C2HF3O2/c1-18-6-8-19(9-7-18)20-10-11-22-24(26-27-30(22)15-20)23-17-29(14-13-28(23)2)16-21-5-3-4-12-25-21;2*3-2(4,5)1(6)7/h3-12,15,23H,13-14,16-17H2,1-2H3;2*(H,6,7). The summed E-state index contributed by atoms with van der Waals surface area (Å²) >= 11 is 0. The van der Waals surface area contributed by atoms with Crippen LogP contribution in [0.15, 0.2) is 67.0 Å². The van der Waals surface area contributed by atoms with E-state index in [1.54, 1.807) is 0 Å². The normalized spacial score (nSPS) is 16.0. The molecule has 2 N–H and O–H groups in total. The van der Waals surface area contributed by atoms with Crippen molar-refractivity contribution in [2.24, 2.45) is 0 Å². The smallest absolute Gasteiger partial charge is 0.475 e. The first-order valence-electron chi connectivity index (χ1n) is 12.9. The van der Waals surface area contributed by atoms with Crippen molar-refractivity contribution in [3.8, 4) is 11.1 Å². The number of aromatic nitrogens is 4. The SMILES string of the molecule is Cc1ccc(-c2ccc3c(C4CN(Cc5ccccn5)CCN4C)nnn3c2)cc1.O=C(O)C(F)(F)F.O=C(O)C(F)(F)F. The molecule has 4 heterocycles. The average molecular weight is 627 g/mol. The van der Waals surface area contributed by atoms with Crippen LogP contribution in [0.25, 0.3) is 16.6 Å². The molecule has 1 aromatic carbocycles. The maximum Gasteiger partial charge on any atom is 0.490 e. The van der Waals surface area contributed by atoms with E-state index in [4.69, 9.17) is 19.8 Å². The van der Waals surface area contributed by atoms with Gasteiger partial charge in [0.2, 0.25) is 0 Å². The Balaban J connectivity index is 0.000000317. The van der Waals surface area contributed by atoms with Crippen molar-refractivity contribution in [3.63, 3.8) is 0 Å². The zero-order valence-corrected chi connectivity index (χ0v) is 23.4. The first-order valence-corrected chi connectivity index (χ1v) is 12.9. The molecule has 44 heavy (non-hydrogen) atoms. The molecule has 0 spiro atoms. The fourth-order valence-electron chi connectivity index (χ4n) is 4.16. The number of pyridine rings is 2. The highest BCUT2D eigenvalue weighted by Crippen LogP contribution is 2.28. The molecule has 1 aliphatic heterocycles. The molecular formula is C28H28F6N6O4. The number of carboxylic acid groups (broad SMARTS) is 2. The Kier molecular flexibility index (Phi) is 11.0. The summed E-state index contributed by atoms with van der Waals surface area (Å²) in [6.07, 6.45) is -6.23. The predicted octanol–water partition coefficient (Wildman–Crippen LogP) is 4.86. The van der Waals surface area contributed by atoms with Gasteiger partial charge in [0, 0.05) is 44.1 Å². The molecule has 0 bridgehead atoms. The summed E-state index contributed by atoms with van der Waals surface area (Å²) in [5.41, 5.74) is 6.82. The molecule has 0 saturated carbocycles. The van der Waals surface area contributed by atoms with Crippen molar-refractivity contribution in [2.45, 2.75) is 31.9 Å². The Morgan fingerprint density at radius 1 is 0.886 bits per heavy atom. The fourth-order valence-corrected chi connectivity index (χ4v) is 4.16. The largest absolute Gasteiger partial charge is 0.490 e. The monoisotopic (exact) mass is 626 g/mol. The second kappa shape index (κ2) is 14.3. The topological polar surface area (TPSA) is 124 Å². The van der Waals surface area contributed by atoms with Crippen molar-refractivity contribution < 1.29 is 46.1 Å². The lowest BCUT2D eigenvalue weighted by atomic mass is 10.0. The third kappa shape index (κ3) is 9.47. The number of hydrogen-bond donors (Lipinski definition) is 2. The Morgan fingerprint density at radius 3 is 2.02 bits per heavy atom. The van der Waals surface area contributed by atoms with Crippen LogP contribution in [0.3, 0.4) is 0 Å². The van der Waals surface area contributed by atoms with Gasteiger partial charge in [-0.25, -0.2) is 14.1 Å². The Hall–Kier alpha value is -4.57.